The van der Waals surface area contributed by atoms with Crippen molar-refractivity contribution in [2.45, 2.75) is 32.0 Å². The number of carbonyl (C=O) groups is 1. The zero-order chi connectivity index (χ0) is 17.8. The van der Waals surface area contributed by atoms with Crippen LogP contribution in [-0.2, 0) is 24.3 Å². The lowest BCUT2D eigenvalue weighted by Gasteiger charge is -2.29. The number of likely N-dealkylation sites (N-methyl/N-ethyl adjacent to an activating group) is 1. The van der Waals surface area contributed by atoms with E-state index in [2.05, 4.69) is 37.2 Å². The topological polar surface area (TPSA) is 32.8 Å². The molecule has 3 rings (SSSR count). The number of ether oxygens (including phenoxy) is 1. The van der Waals surface area contributed by atoms with E-state index in [1.165, 1.54) is 16.7 Å². The normalized spacial score (nSPS) is 16.2. The number of carbonyl (C=O) groups excluding carboxylic acids is 1. The Balaban J connectivity index is 1.68. The maximum absolute atomic E-state index is 12.8. The fraction of sp³-hybridized carbons (Fsp3) is 0.381. The lowest BCUT2D eigenvalue weighted by Crippen LogP contribution is -2.41. The second kappa shape index (κ2) is 7.70. The third-order valence-corrected chi connectivity index (χ3v) is 4.58. The van der Waals surface area contributed by atoms with Crippen LogP contribution >= 0.6 is 0 Å². The summed E-state index contributed by atoms with van der Waals surface area (Å²) in [5.41, 5.74) is 3.62. The molecule has 1 heterocycles. The minimum Gasteiger partial charge on any atom is -0.480 e. The van der Waals surface area contributed by atoms with Gasteiger partial charge in [0.15, 0.2) is 6.10 Å². The van der Waals surface area contributed by atoms with E-state index in [-0.39, 0.29) is 12.0 Å². The molecule has 0 N–H and O–H groups in total. The molecular formula is C21H26N2O2. The predicted octanol–water partition coefficient (Wildman–Crippen LogP) is 3.10. The number of hydrogen-bond donors (Lipinski definition) is 0. The third-order valence-electron chi connectivity index (χ3n) is 4.58. The number of nitrogens with zero attached hydrogens (tertiary/aromatic N) is 2. The average Bonchev–Trinajstić information content (AvgIpc) is 2.62. The molecule has 0 saturated heterocycles. The molecule has 0 saturated carbocycles. The molecule has 132 valence electrons. The van der Waals surface area contributed by atoms with Crippen LogP contribution in [0.5, 0.6) is 5.75 Å². The summed E-state index contributed by atoms with van der Waals surface area (Å²) in [5, 5.41) is 0. The van der Waals surface area contributed by atoms with Gasteiger partial charge in [-0.15, -0.1) is 0 Å². The van der Waals surface area contributed by atoms with E-state index < -0.39 is 0 Å². The van der Waals surface area contributed by atoms with Gasteiger partial charge in [-0.3, -0.25) is 4.79 Å². The Morgan fingerprint density at radius 1 is 1.00 bits per heavy atom. The average molecular weight is 338 g/mol. The second-order valence-electron chi connectivity index (χ2n) is 6.95. The summed E-state index contributed by atoms with van der Waals surface area (Å²) in [6.45, 7) is 1.47. The molecule has 4 heteroatoms. The number of amides is 1. The Kier molecular flexibility index (Phi) is 5.39. The molecule has 1 aliphatic heterocycles. The van der Waals surface area contributed by atoms with E-state index in [1.807, 2.05) is 37.4 Å². The SMILES string of the molecule is CN(C)Cc1ccccc1CN(C)C(=O)[C@H]1CCc2ccccc2O1. The Labute approximate surface area is 150 Å². The van der Waals surface area contributed by atoms with Crippen molar-refractivity contribution < 1.29 is 9.53 Å². The van der Waals surface area contributed by atoms with E-state index in [1.54, 1.807) is 4.90 Å². The van der Waals surface area contributed by atoms with E-state index in [0.717, 1.165) is 25.1 Å². The Bertz CT molecular complexity index is 742. The molecule has 0 spiro atoms. The van der Waals surface area contributed by atoms with Gasteiger partial charge in [-0.05, 0) is 49.7 Å². The first-order valence-electron chi connectivity index (χ1n) is 8.75. The Hall–Kier alpha value is -2.33. The zero-order valence-corrected chi connectivity index (χ0v) is 15.2. The summed E-state index contributed by atoms with van der Waals surface area (Å²) in [6, 6.07) is 16.3. The van der Waals surface area contributed by atoms with E-state index in [4.69, 9.17) is 4.74 Å². The van der Waals surface area contributed by atoms with Gasteiger partial charge in [-0.2, -0.15) is 0 Å². The first-order chi connectivity index (χ1) is 12.0. The van der Waals surface area contributed by atoms with Crippen LogP contribution in [0, 0.1) is 0 Å². The van der Waals surface area contributed by atoms with Gasteiger partial charge in [0.05, 0.1) is 0 Å². The minimum atomic E-state index is -0.388. The van der Waals surface area contributed by atoms with E-state index in [9.17, 15) is 4.79 Å². The first kappa shape index (κ1) is 17.5. The molecule has 0 unspecified atom stereocenters. The molecule has 2 aromatic carbocycles. The van der Waals surface area contributed by atoms with Crippen molar-refractivity contribution in [3.63, 3.8) is 0 Å². The molecule has 0 aromatic heterocycles. The first-order valence-corrected chi connectivity index (χ1v) is 8.75. The van der Waals surface area contributed by atoms with Crippen molar-refractivity contribution in [3.05, 3.63) is 65.2 Å². The molecule has 0 radical (unpaired) electrons. The van der Waals surface area contributed by atoms with Gasteiger partial charge < -0.3 is 14.5 Å². The van der Waals surface area contributed by atoms with Gasteiger partial charge in [0.25, 0.3) is 5.91 Å². The summed E-state index contributed by atoms with van der Waals surface area (Å²) in [7, 11) is 5.97. The largest absolute Gasteiger partial charge is 0.480 e. The van der Waals surface area contributed by atoms with Crippen molar-refractivity contribution in [1.29, 1.82) is 0 Å². The van der Waals surface area contributed by atoms with Gasteiger partial charge in [0.1, 0.15) is 5.75 Å². The summed E-state index contributed by atoms with van der Waals surface area (Å²) >= 11 is 0. The van der Waals surface area contributed by atoms with Crippen LogP contribution in [0.3, 0.4) is 0 Å². The number of para-hydroxylation sites is 1. The van der Waals surface area contributed by atoms with Gasteiger partial charge in [-0.1, -0.05) is 42.5 Å². The molecule has 25 heavy (non-hydrogen) atoms. The van der Waals surface area contributed by atoms with Crippen LogP contribution in [0.15, 0.2) is 48.5 Å². The molecule has 1 aliphatic rings. The van der Waals surface area contributed by atoms with Gasteiger partial charge in [-0.25, -0.2) is 0 Å². The molecule has 0 fully saturated rings. The Morgan fingerprint density at radius 3 is 2.36 bits per heavy atom. The van der Waals surface area contributed by atoms with Crippen LogP contribution < -0.4 is 4.74 Å². The fourth-order valence-electron chi connectivity index (χ4n) is 3.28. The summed E-state index contributed by atoms with van der Waals surface area (Å²) in [6.07, 6.45) is 1.23. The maximum Gasteiger partial charge on any atom is 0.263 e. The van der Waals surface area contributed by atoms with E-state index >= 15 is 0 Å². The van der Waals surface area contributed by atoms with Crippen molar-refractivity contribution in [2.24, 2.45) is 0 Å². The molecular weight excluding hydrogens is 312 g/mol. The highest BCUT2D eigenvalue weighted by Gasteiger charge is 2.28. The molecule has 0 aliphatic carbocycles. The smallest absolute Gasteiger partial charge is 0.263 e. The lowest BCUT2D eigenvalue weighted by atomic mass is 10.0. The van der Waals surface area contributed by atoms with Gasteiger partial charge >= 0.3 is 0 Å². The highest BCUT2D eigenvalue weighted by Crippen LogP contribution is 2.28. The third kappa shape index (κ3) is 4.20. The second-order valence-corrected chi connectivity index (χ2v) is 6.95. The zero-order valence-electron chi connectivity index (χ0n) is 15.2. The summed E-state index contributed by atoms with van der Waals surface area (Å²) in [5.74, 6) is 0.891. The number of rotatable bonds is 5. The monoisotopic (exact) mass is 338 g/mol. The highest BCUT2D eigenvalue weighted by atomic mass is 16.5. The highest BCUT2D eigenvalue weighted by molar-refractivity contribution is 5.81. The van der Waals surface area contributed by atoms with Crippen LogP contribution in [-0.4, -0.2) is 43.0 Å². The van der Waals surface area contributed by atoms with Crippen LogP contribution in [0.2, 0.25) is 0 Å². The van der Waals surface area contributed by atoms with Crippen molar-refractivity contribution in [2.75, 3.05) is 21.1 Å². The molecule has 0 bridgehead atoms. The van der Waals surface area contributed by atoms with Gasteiger partial charge in [0.2, 0.25) is 0 Å². The summed E-state index contributed by atoms with van der Waals surface area (Å²) < 4.78 is 5.95. The Morgan fingerprint density at radius 2 is 1.64 bits per heavy atom. The summed E-state index contributed by atoms with van der Waals surface area (Å²) in [4.78, 5) is 16.8. The number of fused-ring (bicyclic) bond motifs is 1. The quantitative estimate of drug-likeness (QED) is 0.840. The number of aryl methyl sites for hydroxylation is 1. The molecule has 2 aromatic rings. The standard InChI is InChI=1S/C21H26N2O2/c1-22(2)14-17-9-4-5-10-18(17)15-23(3)21(24)20-13-12-16-8-6-7-11-19(16)25-20/h4-11,20H,12-15H2,1-3H3/t20-/m1/s1. The van der Waals surface area contributed by atoms with Gasteiger partial charge in [0, 0.05) is 20.1 Å². The number of hydrogen-bond acceptors (Lipinski definition) is 3. The molecule has 1 atom stereocenters. The van der Waals surface area contributed by atoms with Crippen LogP contribution in [0.25, 0.3) is 0 Å². The van der Waals surface area contributed by atoms with E-state index in [0.29, 0.717) is 6.54 Å². The van der Waals surface area contributed by atoms with Crippen LogP contribution in [0.1, 0.15) is 23.1 Å². The van der Waals surface area contributed by atoms with Crippen LogP contribution in [0.4, 0.5) is 0 Å². The lowest BCUT2D eigenvalue weighted by molar-refractivity contribution is -0.138. The maximum atomic E-state index is 12.8. The number of benzene rings is 2. The van der Waals surface area contributed by atoms with Crippen molar-refractivity contribution in [3.8, 4) is 5.75 Å². The van der Waals surface area contributed by atoms with Crippen molar-refractivity contribution in [1.82, 2.24) is 9.80 Å². The predicted molar refractivity (Wildman–Crippen MR) is 99.5 cm³/mol. The molecule has 1 amide bonds. The minimum absolute atomic E-state index is 0.0501. The molecule has 4 nitrogen and oxygen atoms in total. The fourth-order valence-corrected chi connectivity index (χ4v) is 3.28. The van der Waals surface area contributed by atoms with Crippen molar-refractivity contribution >= 4 is 5.91 Å².